The molecule has 3 rings (SSSR count). The summed E-state index contributed by atoms with van der Waals surface area (Å²) in [6.07, 6.45) is 0. The number of hydrogen-bond donors (Lipinski definition) is 1. The molecule has 3 aromatic rings. The van der Waals surface area contributed by atoms with Gasteiger partial charge in [-0.1, -0.05) is 46.6 Å². The first kappa shape index (κ1) is 17.0. The zero-order valence-electron chi connectivity index (χ0n) is 13.7. The van der Waals surface area contributed by atoms with Crippen LogP contribution in [0.5, 0.6) is 5.75 Å². The number of ether oxygens (including phenoxy) is 1. The summed E-state index contributed by atoms with van der Waals surface area (Å²) < 4.78 is 10.8. The second-order valence-corrected chi connectivity index (χ2v) is 5.94. The third kappa shape index (κ3) is 4.61. The lowest BCUT2D eigenvalue weighted by atomic mass is 10.1. The van der Waals surface area contributed by atoms with Gasteiger partial charge in [-0.15, -0.1) is 0 Å². The van der Waals surface area contributed by atoms with Crippen LogP contribution in [0.15, 0.2) is 59.1 Å². The molecule has 0 saturated heterocycles. The summed E-state index contributed by atoms with van der Waals surface area (Å²) in [4.78, 5) is 12.1. The van der Waals surface area contributed by atoms with Crippen LogP contribution >= 0.6 is 11.6 Å². The van der Waals surface area contributed by atoms with Crippen LogP contribution in [-0.2, 0) is 0 Å². The Labute approximate surface area is 150 Å². The zero-order valence-corrected chi connectivity index (χ0v) is 14.4. The molecule has 0 bridgehead atoms. The Morgan fingerprint density at radius 2 is 1.88 bits per heavy atom. The second kappa shape index (κ2) is 7.85. The van der Waals surface area contributed by atoms with E-state index in [2.05, 4.69) is 10.5 Å². The fraction of sp³-hybridized carbons (Fsp3) is 0.158. The third-order valence-electron chi connectivity index (χ3n) is 3.55. The number of aromatic nitrogens is 1. The molecule has 0 unspecified atom stereocenters. The van der Waals surface area contributed by atoms with Gasteiger partial charge in [-0.25, -0.2) is 0 Å². The Hall–Kier alpha value is -2.79. The minimum atomic E-state index is -0.304. The van der Waals surface area contributed by atoms with Gasteiger partial charge in [0.1, 0.15) is 12.4 Å². The summed E-state index contributed by atoms with van der Waals surface area (Å²) in [5.41, 5.74) is 2.27. The second-order valence-electron chi connectivity index (χ2n) is 5.50. The van der Waals surface area contributed by atoms with Crippen molar-refractivity contribution in [2.24, 2.45) is 0 Å². The smallest absolute Gasteiger partial charge is 0.273 e. The van der Waals surface area contributed by atoms with E-state index in [1.165, 1.54) is 0 Å². The minimum absolute atomic E-state index is 0.238. The molecule has 1 N–H and O–H groups in total. The Morgan fingerprint density at radius 3 is 2.60 bits per heavy atom. The molecule has 128 valence electrons. The number of amides is 1. The van der Waals surface area contributed by atoms with Gasteiger partial charge in [-0.2, -0.15) is 0 Å². The summed E-state index contributed by atoms with van der Waals surface area (Å²) in [5.74, 6) is 0.950. The van der Waals surface area contributed by atoms with Gasteiger partial charge in [0, 0.05) is 16.7 Å². The SMILES string of the molecule is Cc1ccc(-c2cc(C(=O)NCCOc3ccc(Cl)cc3)no2)cc1. The predicted octanol–water partition coefficient (Wildman–Crippen LogP) is 4.11. The van der Waals surface area contributed by atoms with Gasteiger partial charge in [0.05, 0.1) is 6.54 Å². The minimum Gasteiger partial charge on any atom is -0.492 e. The molecule has 0 aliphatic carbocycles. The largest absolute Gasteiger partial charge is 0.492 e. The molecule has 0 radical (unpaired) electrons. The molecular formula is C19H17ClN2O3. The molecule has 1 aromatic heterocycles. The van der Waals surface area contributed by atoms with Crippen molar-refractivity contribution in [3.63, 3.8) is 0 Å². The maximum atomic E-state index is 12.1. The van der Waals surface area contributed by atoms with E-state index in [1.54, 1.807) is 30.3 Å². The molecule has 1 amide bonds. The molecule has 2 aromatic carbocycles. The van der Waals surface area contributed by atoms with E-state index >= 15 is 0 Å². The van der Waals surface area contributed by atoms with E-state index in [1.807, 2.05) is 31.2 Å². The highest BCUT2D eigenvalue weighted by molar-refractivity contribution is 6.30. The summed E-state index contributed by atoms with van der Waals surface area (Å²) in [5, 5.41) is 7.21. The summed E-state index contributed by atoms with van der Waals surface area (Å²) in [7, 11) is 0. The normalized spacial score (nSPS) is 10.5. The molecule has 0 spiro atoms. The van der Waals surface area contributed by atoms with Gasteiger partial charge < -0.3 is 14.6 Å². The number of hydrogen-bond acceptors (Lipinski definition) is 4. The number of carbonyl (C=O) groups excluding carboxylic acids is 1. The number of carbonyl (C=O) groups is 1. The number of halogens is 1. The molecule has 25 heavy (non-hydrogen) atoms. The highest BCUT2D eigenvalue weighted by Crippen LogP contribution is 2.20. The molecule has 0 aliphatic heterocycles. The Morgan fingerprint density at radius 1 is 1.16 bits per heavy atom. The zero-order chi connectivity index (χ0) is 17.6. The van der Waals surface area contributed by atoms with E-state index in [4.69, 9.17) is 20.9 Å². The molecule has 0 saturated carbocycles. The van der Waals surface area contributed by atoms with Crippen LogP contribution in [0.25, 0.3) is 11.3 Å². The molecule has 0 aliphatic rings. The molecule has 0 atom stereocenters. The third-order valence-corrected chi connectivity index (χ3v) is 3.80. The van der Waals surface area contributed by atoms with E-state index in [9.17, 15) is 4.79 Å². The quantitative estimate of drug-likeness (QED) is 0.675. The van der Waals surface area contributed by atoms with Gasteiger partial charge in [0.2, 0.25) is 0 Å². The van der Waals surface area contributed by atoms with Crippen LogP contribution < -0.4 is 10.1 Å². The van der Waals surface area contributed by atoms with Crippen molar-refractivity contribution in [1.82, 2.24) is 10.5 Å². The van der Waals surface area contributed by atoms with Crippen LogP contribution in [0, 0.1) is 6.92 Å². The van der Waals surface area contributed by atoms with Crippen molar-refractivity contribution in [2.45, 2.75) is 6.92 Å². The maximum absolute atomic E-state index is 12.1. The number of nitrogens with one attached hydrogen (secondary N) is 1. The van der Waals surface area contributed by atoms with Crippen molar-refractivity contribution >= 4 is 17.5 Å². The fourth-order valence-electron chi connectivity index (χ4n) is 2.19. The van der Waals surface area contributed by atoms with E-state index in [0.717, 1.165) is 11.1 Å². The molecule has 0 fully saturated rings. The Balaban J connectivity index is 1.50. The van der Waals surface area contributed by atoms with E-state index < -0.39 is 0 Å². The van der Waals surface area contributed by atoms with Crippen molar-refractivity contribution in [3.8, 4) is 17.1 Å². The van der Waals surface area contributed by atoms with Crippen molar-refractivity contribution in [1.29, 1.82) is 0 Å². The first-order chi connectivity index (χ1) is 12.1. The predicted molar refractivity (Wildman–Crippen MR) is 96.0 cm³/mol. The number of rotatable bonds is 6. The van der Waals surface area contributed by atoms with E-state index in [-0.39, 0.29) is 11.6 Å². The highest BCUT2D eigenvalue weighted by Gasteiger charge is 2.13. The summed E-state index contributed by atoms with van der Waals surface area (Å²) >= 11 is 5.81. The van der Waals surface area contributed by atoms with Crippen LogP contribution in [-0.4, -0.2) is 24.2 Å². The summed E-state index contributed by atoms with van der Waals surface area (Å²) in [6, 6.07) is 16.5. The topological polar surface area (TPSA) is 64.4 Å². The van der Waals surface area contributed by atoms with Crippen LogP contribution in [0.1, 0.15) is 16.1 Å². The van der Waals surface area contributed by atoms with Gasteiger partial charge in [0.25, 0.3) is 5.91 Å². The highest BCUT2D eigenvalue weighted by atomic mass is 35.5. The number of nitrogens with zero attached hydrogens (tertiary/aromatic N) is 1. The Bertz CT molecular complexity index is 842. The van der Waals surface area contributed by atoms with Gasteiger partial charge in [-0.3, -0.25) is 4.79 Å². The first-order valence-electron chi connectivity index (χ1n) is 7.82. The summed E-state index contributed by atoms with van der Waals surface area (Å²) in [6.45, 7) is 2.71. The molecule has 1 heterocycles. The van der Waals surface area contributed by atoms with Crippen molar-refractivity contribution < 1.29 is 14.1 Å². The molecule has 6 heteroatoms. The average molecular weight is 357 g/mol. The first-order valence-corrected chi connectivity index (χ1v) is 8.20. The standard InChI is InChI=1S/C19H17ClN2O3/c1-13-2-4-14(5-3-13)18-12-17(22-25-18)19(23)21-10-11-24-16-8-6-15(20)7-9-16/h2-9,12H,10-11H2,1H3,(H,21,23). The average Bonchev–Trinajstić information content (AvgIpc) is 3.11. The van der Waals surface area contributed by atoms with Gasteiger partial charge >= 0.3 is 0 Å². The lowest BCUT2D eigenvalue weighted by Gasteiger charge is -2.06. The Kier molecular flexibility index (Phi) is 5.36. The number of benzene rings is 2. The monoisotopic (exact) mass is 356 g/mol. The van der Waals surface area contributed by atoms with E-state index in [0.29, 0.717) is 29.7 Å². The molecule has 5 nitrogen and oxygen atoms in total. The maximum Gasteiger partial charge on any atom is 0.273 e. The van der Waals surface area contributed by atoms with Crippen LogP contribution in [0.3, 0.4) is 0 Å². The number of aryl methyl sites for hydroxylation is 1. The van der Waals surface area contributed by atoms with Crippen LogP contribution in [0.4, 0.5) is 0 Å². The van der Waals surface area contributed by atoms with Crippen LogP contribution in [0.2, 0.25) is 5.02 Å². The lowest BCUT2D eigenvalue weighted by Crippen LogP contribution is -2.28. The molecular weight excluding hydrogens is 340 g/mol. The van der Waals surface area contributed by atoms with Crippen molar-refractivity contribution in [3.05, 3.63) is 70.9 Å². The van der Waals surface area contributed by atoms with Gasteiger partial charge in [-0.05, 0) is 31.2 Å². The van der Waals surface area contributed by atoms with Crippen molar-refractivity contribution in [2.75, 3.05) is 13.2 Å². The lowest BCUT2D eigenvalue weighted by molar-refractivity contribution is 0.0938. The fourth-order valence-corrected chi connectivity index (χ4v) is 2.32. The van der Waals surface area contributed by atoms with Gasteiger partial charge in [0.15, 0.2) is 11.5 Å².